The van der Waals surface area contributed by atoms with Crippen LogP contribution in [0.4, 0.5) is 4.79 Å². The van der Waals surface area contributed by atoms with Gasteiger partial charge in [-0.2, -0.15) is 4.98 Å². The largest absolute Gasteiger partial charge is 0.337 e. The number of carbonyl (C=O) groups excluding carboxylic acids is 1. The van der Waals surface area contributed by atoms with Gasteiger partial charge < -0.3 is 19.6 Å². The van der Waals surface area contributed by atoms with E-state index >= 15 is 0 Å². The highest BCUT2D eigenvalue weighted by Crippen LogP contribution is 2.36. The number of nitrogens with zero attached hydrogens (tertiary/aromatic N) is 5. The highest BCUT2D eigenvalue weighted by molar-refractivity contribution is 5.75. The van der Waals surface area contributed by atoms with Crippen LogP contribution in [0.2, 0.25) is 0 Å². The molecule has 150 valence electrons. The maximum atomic E-state index is 13.0. The summed E-state index contributed by atoms with van der Waals surface area (Å²) in [5.41, 5.74) is 0.132. The number of piperazine rings is 1. The second kappa shape index (κ2) is 7.75. The summed E-state index contributed by atoms with van der Waals surface area (Å²) < 4.78 is 5.34. The average molecular weight is 377 g/mol. The van der Waals surface area contributed by atoms with Crippen LogP contribution in [-0.4, -0.2) is 82.7 Å². The number of hydrogen-bond donors (Lipinski definition) is 1. The number of rotatable bonds is 4. The molecule has 1 aromatic heterocycles. The van der Waals surface area contributed by atoms with Crippen molar-refractivity contribution in [3.63, 3.8) is 0 Å². The summed E-state index contributed by atoms with van der Waals surface area (Å²) in [4.78, 5) is 24.2. The van der Waals surface area contributed by atoms with Crippen LogP contribution >= 0.6 is 0 Å². The lowest BCUT2D eigenvalue weighted by Gasteiger charge is -2.45. The molecule has 0 bridgehead atoms. The van der Waals surface area contributed by atoms with Gasteiger partial charge in [-0.25, -0.2) is 4.79 Å². The van der Waals surface area contributed by atoms with Crippen LogP contribution in [0.5, 0.6) is 0 Å². The Morgan fingerprint density at radius 1 is 1.19 bits per heavy atom. The topological polar surface area (TPSA) is 77.7 Å². The van der Waals surface area contributed by atoms with Crippen LogP contribution in [0.3, 0.4) is 0 Å². The Labute approximate surface area is 161 Å². The number of carbonyl (C=O) groups is 1. The summed E-state index contributed by atoms with van der Waals surface area (Å²) in [5.74, 6) is 1.19. The molecule has 2 saturated heterocycles. The molecule has 0 radical (unpaired) electrons. The minimum absolute atomic E-state index is 0.00811. The monoisotopic (exact) mass is 376 g/mol. The molecule has 1 saturated carbocycles. The Bertz CT molecular complexity index is 648. The van der Waals surface area contributed by atoms with E-state index in [1.807, 2.05) is 11.8 Å². The maximum Gasteiger partial charge on any atom is 0.318 e. The highest BCUT2D eigenvalue weighted by atomic mass is 16.5. The number of aryl methyl sites for hydroxylation is 1. The van der Waals surface area contributed by atoms with E-state index in [0.717, 1.165) is 52.1 Å². The Kier molecular flexibility index (Phi) is 5.36. The van der Waals surface area contributed by atoms with Gasteiger partial charge >= 0.3 is 6.03 Å². The van der Waals surface area contributed by atoms with Crippen LogP contribution in [0.1, 0.15) is 56.3 Å². The summed E-state index contributed by atoms with van der Waals surface area (Å²) in [6.07, 6.45) is 6.75. The molecule has 3 fully saturated rings. The van der Waals surface area contributed by atoms with Gasteiger partial charge in [0.1, 0.15) is 6.04 Å². The molecular formula is C19H32N6O2. The zero-order valence-corrected chi connectivity index (χ0v) is 16.6. The van der Waals surface area contributed by atoms with Gasteiger partial charge in [-0.05, 0) is 39.7 Å². The SMILES string of the molecule is Cc1noc([C@@H]2CCCN2C(=O)NCC2(N3CCN(C)CC3)CCCC2)n1. The van der Waals surface area contributed by atoms with Crippen molar-refractivity contribution in [2.24, 2.45) is 0 Å². The van der Waals surface area contributed by atoms with Gasteiger partial charge in [0, 0.05) is 44.8 Å². The van der Waals surface area contributed by atoms with E-state index in [1.165, 1.54) is 25.7 Å². The smallest absolute Gasteiger partial charge is 0.318 e. The van der Waals surface area contributed by atoms with Crippen molar-refractivity contribution in [1.82, 2.24) is 30.2 Å². The van der Waals surface area contributed by atoms with Crippen molar-refractivity contribution in [1.29, 1.82) is 0 Å². The first-order valence-electron chi connectivity index (χ1n) is 10.4. The molecule has 27 heavy (non-hydrogen) atoms. The first kappa shape index (κ1) is 18.7. The average Bonchev–Trinajstić information content (AvgIpc) is 3.41. The molecule has 2 aliphatic heterocycles. The quantitative estimate of drug-likeness (QED) is 0.863. The van der Waals surface area contributed by atoms with E-state index in [0.29, 0.717) is 11.7 Å². The van der Waals surface area contributed by atoms with E-state index in [-0.39, 0.29) is 17.6 Å². The van der Waals surface area contributed by atoms with Gasteiger partial charge in [0.05, 0.1) is 0 Å². The zero-order valence-electron chi connectivity index (χ0n) is 16.6. The van der Waals surface area contributed by atoms with E-state index < -0.39 is 0 Å². The molecule has 8 nitrogen and oxygen atoms in total. The molecule has 0 unspecified atom stereocenters. The Balaban J connectivity index is 1.39. The first-order valence-corrected chi connectivity index (χ1v) is 10.4. The number of likely N-dealkylation sites (N-methyl/N-ethyl adjacent to an activating group) is 1. The van der Waals surface area contributed by atoms with Crippen LogP contribution in [-0.2, 0) is 0 Å². The fraction of sp³-hybridized carbons (Fsp3) is 0.842. The third-order valence-corrected chi connectivity index (χ3v) is 6.62. The van der Waals surface area contributed by atoms with Crippen LogP contribution < -0.4 is 5.32 Å². The van der Waals surface area contributed by atoms with E-state index in [4.69, 9.17) is 4.52 Å². The van der Waals surface area contributed by atoms with Gasteiger partial charge in [-0.15, -0.1) is 0 Å². The Morgan fingerprint density at radius 3 is 2.59 bits per heavy atom. The molecule has 1 aromatic rings. The lowest BCUT2D eigenvalue weighted by Crippen LogP contribution is -2.60. The predicted octanol–water partition coefficient (Wildman–Crippen LogP) is 1.78. The lowest BCUT2D eigenvalue weighted by atomic mass is 9.94. The number of amides is 2. The third kappa shape index (κ3) is 3.82. The van der Waals surface area contributed by atoms with Gasteiger partial charge in [-0.3, -0.25) is 4.90 Å². The van der Waals surface area contributed by atoms with E-state index in [2.05, 4.69) is 32.3 Å². The second-order valence-corrected chi connectivity index (χ2v) is 8.41. The third-order valence-electron chi connectivity index (χ3n) is 6.62. The first-order chi connectivity index (χ1) is 13.1. The minimum atomic E-state index is -0.0886. The fourth-order valence-electron chi connectivity index (χ4n) is 4.98. The molecule has 8 heteroatoms. The van der Waals surface area contributed by atoms with Crippen molar-refractivity contribution in [2.45, 2.75) is 57.0 Å². The van der Waals surface area contributed by atoms with Crippen LogP contribution in [0.15, 0.2) is 4.52 Å². The zero-order chi connectivity index (χ0) is 18.9. The number of urea groups is 1. The summed E-state index contributed by atoms with van der Waals surface area (Å²) in [6, 6.07) is -0.0804. The molecule has 3 heterocycles. The van der Waals surface area contributed by atoms with Crippen molar-refractivity contribution in [3.05, 3.63) is 11.7 Å². The van der Waals surface area contributed by atoms with Crippen LogP contribution in [0, 0.1) is 6.92 Å². The molecule has 1 atom stereocenters. The molecule has 4 rings (SSSR count). The van der Waals surface area contributed by atoms with Crippen molar-refractivity contribution in [3.8, 4) is 0 Å². The molecule has 0 spiro atoms. The molecule has 1 aliphatic carbocycles. The van der Waals surface area contributed by atoms with Gasteiger partial charge in [-0.1, -0.05) is 18.0 Å². The summed E-state index contributed by atoms with van der Waals surface area (Å²) in [7, 11) is 2.19. The van der Waals surface area contributed by atoms with Crippen molar-refractivity contribution < 1.29 is 9.32 Å². The van der Waals surface area contributed by atoms with Gasteiger partial charge in [0.15, 0.2) is 5.82 Å². The molecule has 1 N–H and O–H groups in total. The van der Waals surface area contributed by atoms with Crippen molar-refractivity contribution in [2.75, 3.05) is 46.3 Å². The van der Waals surface area contributed by atoms with E-state index in [1.54, 1.807) is 0 Å². The van der Waals surface area contributed by atoms with Crippen LogP contribution in [0.25, 0.3) is 0 Å². The summed E-state index contributed by atoms with van der Waals surface area (Å²) in [5, 5.41) is 7.15. The highest BCUT2D eigenvalue weighted by Gasteiger charge is 2.41. The molecule has 0 aromatic carbocycles. The second-order valence-electron chi connectivity index (χ2n) is 8.41. The Hall–Kier alpha value is -1.67. The molecule has 2 amide bonds. The standard InChI is InChI=1S/C19H32N6O2/c1-15-21-17(27-22-15)16-6-5-9-25(16)18(26)20-14-19(7-3-4-8-19)24-12-10-23(2)11-13-24/h16H,3-14H2,1-2H3,(H,20,26)/t16-/m0/s1. The summed E-state index contributed by atoms with van der Waals surface area (Å²) >= 11 is 0. The minimum Gasteiger partial charge on any atom is -0.337 e. The van der Waals surface area contributed by atoms with Crippen molar-refractivity contribution >= 4 is 6.03 Å². The maximum absolute atomic E-state index is 13.0. The summed E-state index contributed by atoms with van der Waals surface area (Å²) in [6.45, 7) is 7.72. The number of aromatic nitrogens is 2. The lowest BCUT2D eigenvalue weighted by molar-refractivity contribution is 0.0431. The van der Waals surface area contributed by atoms with Gasteiger partial charge in [0.25, 0.3) is 0 Å². The fourth-order valence-corrected chi connectivity index (χ4v) is 4.98. The number of likely N-dealkylation sites (tertiary alicyclic amines) is 1. The normalized spacial score (nSPS) is 26.6. The molecule has 3 aliphatic rings. The predicted molar refractivity (Wildman–Crippen MR) is 101 cm³/mol. The van der Waals surface area contributed by atoms with E-state index in [9.17, 15) is 4.79 Å². The number of hydrogen-bond acceptors (Lipinski definition) is 6. The molecular weight excluding hydrogens is 344 g/mol. The van der Waals surface area contributed by atoms with Gasteiger partial charge in [0.2, 0.25) is 5.89 Å². The Morgan fingerprint density at radius 2 is 1.93 bits per heavy atom. The number of nitrogens with one attached hydrogen (secondary N) is 1.